The average Bonchev–Trinajstić information content (AvgIpc) is 3.20. The summed E-state index contributed by atoms with van der Waals surface area (Å²) in [7, 11) is 1.49. The SMILES string of the molecule is COCC1(C(=O)O)CCN(C(=O)C2(Cc3ccccc3Cl)CC2)C1. The molecule has 1 atom stereocenters. The number of carbonyl (C=O) groups is 2. The molecule has 1 aromatic rings. The standard InChI is InChI=1S/C18H22ClNO4/c1-24-12-18(16(22)23)8-9-20(11-18)15(21)17(6-7-17)10-13-4-2-3-5-14(13)19/h2-5H,6-12H2,1H3,(H,22,23). The largest absolute Gasteiger partial charge is 0.481 e. The van der Waals surface area contributed by atoms with E-state index in [-0.39, 0.29) is 19.1 Å². The van der Waals surface area contributed by atoms with Crippen LogP contribution >= 0.6 is 11.6 Å². The fraction of sp³-hybridized carbons (Fsp3) is 0.556. The van der Waals surface area contributed by atoms with Crippen LogP contribution in [0, 0.1) is 10.8 Å². The molecule has 6 heteroatoms. The molecule has 1 N–H and O–H groups in total. The van der Waals surface area contributed by atoms with E-state index in [1.54, 1.807) is 4.90 Å². The summed E-state index contributed by atoms with van der Waals surface area (Å²) in [6.45, 7) is 0.821. The van der Waals surface area contributed by atoms with Crippen molar-refractivity contribution in [3.8, 4) is 0 Å². The monoisotopic (exact) mass is 351 g/mol. The van der Waals surface area contributed by atoms with Crippen LogP contribution in [0.1, 0.15) is 24.8 Å². The molecule has 1 aliphatic carbocycles. The van der Waals surface area contributed by atoms with Crippen molar-refractivity contribution in [1.82, 2.24) is 4.90 Å². The molecule has 1 heterocycles. The van der Waals surface area contributed by atoms with E-state index in [1.807, 2.05) is 24.3 Å². The normalized spacial score (nSPS) is 24.8. The lowest BCUT2D eigenvalue weighted by molar-refractivity contribution is -0.152. The lowest BCUT2D eigenvalue weighted by atomic mass is 9.88. The molecule has 3 rings (SSSR count). The lowest BCUT2D eigenvalue weighted by Gasteiger charge is -2.26. The number of aliphatic carboxylic acids is 1. The third kappa shape index (κ3) is 3.03. The molecule has 0 aromatic heterocycles. The molecule has 1 unspecified atom stereocenters. The molecule has 2 fully saturated rings. The summed E-state index contributed by atoms with van der Waals surface area (Å²) >= 11 is 6.23. The first-order valence-corrected chi connectivity index (χ1v) is 8.55. The van der Waals surface area contributed by atoms with Crippen LogP contribution in [0.15, 0.2) is 24.3 Å². The van der Waals surface area contributed by atoms with Gasteiger partial charge in [0, 0.05) is 25.2 Å². The van der Waals surface area contributed by atoms with E-state index < -0.39 is 16.8 Å². The van der Waals surface area contributed by atoms with Gasteiger partial charge in [-0.15, -0.1) is 0 Å². The van der Waals surface area contributed by atoms with Crippen LogP contribution < -0.4 is 0 Å². The molecule has 1 aromatic carbocycles. The van der Waals surface area contributed by atoms with Crippen molar-refractivity contribution >= 4 is 23.5 Å². The Labute approximate surface area is 146 Å². The predicted molar refractivity (Wildman–Crippen MR) is 90.0 cm³/mol. The second-order valence-electron chi connectivity index (χ2n) is 7.04. The van der Waals surface area contributed by atoms with E-state index in [0.29, 0.717) is 24.4 Å². The molecule has 0 spiro atoms. The zero-order valence-electron chi connectivity index (χ0n) is 13.8. The van der Waals surface area contributed by atoms with Gasteiger partial charge in [0.05, 0.1) is 12.0 Å². The highest BCUT2D eigenvalue weighted by Gasteiger charge is 2.55. The lowest BCUT2D eigenvalue weighted by Crippen LogP contribution is -2.42. The number of hydrogen-bond acceptors (Lipinski definition) is 3. The molecular weight excluding hydrogens is 330 g/mol. The van der Waals surface area contributed by atoms with Gasteiger partial charge in [0.15, 0.2) is 0 Å². The summed E-state index contributed by atoms with van der Waals surface area (Å²) in [6, 6.07) is 7.58. The summed E-state index contributed by atoms with van der Waals surface area (Å²) < 4.78 is 5.09. The van der Waals surface area contributed by atoms with Gasteiger partial charge in [-0.1, -0.05) is 29.8 Å². The molecule has 130 valence electrons. The second-order valence-corrected chi connectivity index (χ2v) is 7.45. The maximum absolute atomic E-state index is 13.0. The zero-order valence-corrected chi connectivity index (χ0v) is 14.5. The summed E-state index contributed by atoms with van der Waals surface area (Å²) in [4.78, 5) is 26.4. The van der Waals surface area contributed by atoms with Crippen LogP contribution in [0.2, 0.25) is 5.02 Å². The van der Waals surface area contributed by atoms with Gasteiger partial charge in [0.2, 0.25) is 5.91 Å². The van der Waals surface area contributed by atoms with E-state index in [1.165, 1.54) is 7.11 Å². The third-order valence-electron chi connectivity index (χ3n) is 5.31. The van der Waals surface area contributed by atoms with Crippen molar-refractivity contribution in [1.29, 1.82) is 0 Å². The maximum atomic E-state index is 13.0. The first-order valence-electron chi connectivity index (χ1n) is 8.18. The average molecular weight is 352 g/mol. The molecule has 5 nitrogen and oxygen atoms in total. The van der Waals surface area contributed by atoms with Crippen molar-refractivity contribution in [3.63, 3.8) is 0 Å². The number of rotatable bonds is 6. The highest BCUT2D eigenvalue weighted by atomic mass is 35.5. The molecule has 24 heavy (non-hydrogen) atoms. The number of carboxylic acid groups (broad SMARTS) is 1. The number of halogens is 1. The number of nitrogens with zero attached hydrogens (tertiary/aromatic N) is 1. The van der Waals surface area contributed by atoms with E-state index in [0.717, 1.165) is 18.4 Å². The Hall–Kier alpha value is -1.59. The van der Waals surface area contributed by atoms with Gasteiger partial charge >= 0.3 is 5.97 Å². The van der Waals surface area contributed by atoms with Crippen LogP contribution in [-0.4, -0.2) is 48.7 Å². The van der Waals surface area contributed by atoms with Crippen LogP contribution in [0.3, 0.4) is 0 Å². The van der Waals surface area contributed by atoms with Crippen molar-refractivity contribution in [2.24, 2.45) is 10.8 Å². The first kappa shape index (κ1) is 17.2. The number of carboxylic acids is 1. The van der Waals surface area contributed by atoms with Crippen molar-refractivity contribution in [2.45, 2.75) is 25.7 Å². The topological polar surface area (TPSA) is 66.8 Å². The Balaban J connectivity index is 1.73. The number of carbonyl (C=O) groups excluding carboxylic acids is 1. The molecule has 2 aliphatic rings. The highest BCUT2D eigenvalue weighted by molar-refractivity contribution is 6.31. The fourth-order valence-electron chi connectivity index (χ4n) is 3.64. The number of likely N-dealkylation sites (tertiary alicyclic amines) is 1. The van der Waals surface area contributed by atoms with Gasteiger partial charge in [-0.05, 0) is 37.3 Å². The molecule has 1 saturated heterocycles. The van der Waals surface area contributed by atoms with Crippen molar-refractivity contribution in [2.75, 3.05) is 26.8 Å². The quantitative estimate of drug-likeness (QED) is 0.855. The van der Waals surface area contributed by atoms with Gasteiger partial charge in [0.25, 0.3) is 0 Å². The Morgan fingerprint density at radius 1 is 1.25 bits per heavy atom. The Morgan fingerprint density at radius 2 is 1.96 bits per heavy atom. The second kappa shape index (κ2) is 6.37. The molecule has 0 bridgehead atoms. The Bertz CT molecular complexity index is 658. The summed E-state index contributed by atoms with van der Waals surface area (Å²) in [5.74, 6) is -0.836. The van der Waals surface area contributed by atoms with Gasteiger partial charge in [0.1, 0.15) is 5.41 Å². The number of benzene rings is 1. The number of methoxy groups -OCH3 is 1. The maximum Gasteiger partial charge on any atom is 0.313 e. The summed E-state index contributed by atoms with van der Waals surface area (Å²) in [5, 5.41) is 10.2. The molecule has 0 radical (unpaired) electrons. The Morgan fingerprint density at radius 3 is 2.54 bits per heavy atom. The minimum absolute atomic E-state index is 0.0571. The Kier molecular flexibility index (Phi) is 4.58. The van der Waals surface area contributed by atoms with Gasteiger partial charge in [-0.3, -0.25) is 9.59 Å². The van der Waals surface area contributed by atoms with Gasteiger partial charge < -0.3 is 14.7 Å². The highest BCUT2D eigenvalue weighted by Crippen LogP contribution is 2.51. The van der Waals surface area contributed by atoms with Gasteiger partial charge in [-0.25, -0.2) is 0 Å². The molecule has 1 amide bonds. The minimum Gasteiger partial charge on any atom is -0.481 e. The number of hydrogen-bond donors (Lipinski definition) is 1. The minimum atomic E-state index is -0.981. The van der Waals surface area contributed by atoms with Crippen molar-refractivity contribution < 1.29 is 19.4 Å². The van der Waals surface area contributed by atoms with Crippen molar-refractivity contribution in [3.05, 3.63) is 34.9 Å². The molecule has 1 saturated carbocycles. The molecular formula is C18H22ClNO4. The van der Waals surface area contributed by atoms with Gasteiger partial charge in [-0.2, -0.15) is 0 Å². The van der Waals surface area contributed by atoms with Crippen LogP contribution in [0.5, 0.6) is 0 Å². The smallest absolute Gasteiger partial charge is 0.313 e. The van der Waals surface area contributed by atoms with Crippen LogP contribution in [0.4, 0.5) is 0 Å². The predicted octanol–water partition coefficient (Wildman–Crippen LogP) is 2.61. The van der Waals surface area contributed by atoms with E-state index in [4.69, 9.17) is 16.3 Å². The fourth-order valence-corrected chi connectivity index (χ4v) is 3.84. The first-order chi connectivity index (χ1) is 11.4. The van der Waals surface area contributed by atoms with E-state index in [2.05, 4.69) is 0 Å². The third-order valence-corrected chi connectivity index (χ3v) is 5.68. The van der Waals surface area contributed by atoms with E-state index >= 15 is 0 Å². The van der Waals surface area contributed by atoms with E-state index in [9.17, 15) is 14.7 Å². The molecule has 1 aliphatic heterocycles. The number of amides is 1. The summed E-state index contributed by atoms with van der Waals surface area (Å²) in [5.41, 5.74) is -0.414. The van der Waals surface area contributed by atoms with Crippen LogP contribution in [0.25, 0.3) is 0 Å². The van der Waals surface area contributed by atoms with Crippen LogP contribution in [-0.2, 0) is 20.7 Å². The summed E-state index contributed by atoms with van der Waals surface area (Å²) in [6.07, 6.45) is 2.71. The number of ether oxygens (including phenoxy) is 1. The zero-order chi connectivity index (χ0) is 17.4.